The second-order valence-electron chi connectivity index (χ2n) is 8.11. The molecule has 178 valence electrons. The Labute approximate surface area is 193 Å². The van der Waals surface area contributed by atoms with Gasteiger partial charge in [0.25, 0.3) is 17.4 Å². The molecule has 0 spiro atoms. The number of fused-ring (bicyclic) bond motifs is 1. The predicted molar refractivity (Wildman–Crippen MR) is 120 cm³/mol. The summed E-state index contributed by atoms with van der Waals surface area (Å²) in [6.07, 6.45) is -4.46. The normalized spacial score (nSPS) is 14.5. The number of piperazine rings is 1. The lowest BCUT2D eigenvalue weighted by atomic mass is 10.1. The van der Waals surface area contributed by atoms with Crippen LogP contribution in [0.25, 0.3) is 11.0 Å². The van der Waals surface area contributed by atoms with Crippen molar-refractivity contribution in [1.29, 1.82) is 0 Å². The number of alkyl halides is 3. The average molecular weight is 472 g/mol. The first-order chi connectivity index (χ1) is 16.1. The van der Waals surface area contributed by atoms with Crippen LogP contribution in [0.2, 0.25) is 0 Å². The van der Waals surface area contributed by atoms with Crippen LogP contribution >= 0.6 is 0 Å². The number of hydrogen-bond acceptors (Lipinski definition) is 4. The van der Waals surface area contributed by atoms with Crippen LogP contribution in [0.1, 0.15) is 38.9 Å². The molecule has 1 aromatic heterocycles. The first-order valence-corrected chi connectivity index (χ1v) is 10.9. The van der Waals surface area contributed by atoms with E-state index in [0.29, 0.717) is 41.9 Å². The van der Waals surface area contributed by atoms with E-state index in [4.69, 9.17) is 0 Å². The molecule has 0 bridgehead atoms. The van der Waals surface area contributed by atoms with Crippen LogP contribution in [-0.4, -0.2) is 57.3 Å². The highest BCUT2D eigenvalue weighted by molar-refractivity contribution is 5.98. The SMILES string of the molecule is CCn1c(=O)c(C)nc2cc(C(=O)N3CCN(C(=O)c4ccc(C(F)(F)F)cc4)CC3)ccc21. The molecule has 0 atom stereocenters. The third-order valence-corrected chi connectivity index (χ3v) is 5.99. The third kappa shape index (κ3) is 4.40. The number of carbonyl (C=O) groups is 2. The molecular formula is C24H23F3N4O3. The first kappa shape index (κ1) is 23.5. The van der Waals surface area contributed by atoms with E-state index < -0.39 is 11.7 Å². The van der Waals surface area contributed by atoms with Crippen molar-refractivity contribution < 1.29 is 22.8 Å². The number of carbonyl (C=O) groups excluding carboxylic acids is 2. The minimum atomic E-state index is -4.46. The quantitative estimate of drug-likeness (QED) is 0.586. The summed E-state index contributed by atoms with van der Waals surface area (Å²) < 4.78 is 39.8. The molecule has 7 nitrogen and oxygen atoms in total. The maximum absolute atomic E-state index is 13.0. The van der Waals surface area contributed by atoms with Crippen molar-refractivity contribution in [3.63, 3.8) is 0 Å². The molecule has 0 N–H and O–H groups in total. The smallest absolute Gasteiger partial charge is 0.335 e. The molecule has 0 radical (unpaired) electrons. The molecule has 1 aliphatic rings. The van der Waals surface area contributed by atoms with Crippen molar-refractivity contribution in [1.82, 2.24) is 19.4 Å². The van der Waals surface area contributed by atoms with Gasteiger partial charge in [-0.3, -0.25) is 14.4 Å². The fourth-order valence-corrected chi connectivity index (χ4v) is 4.10. The number of nitrogens with zero attached hydrogens (tertiary/aromatic N) is 4. The van der Waals surface area contributed by atoms with Gasteiger partial charge in [-0.2, -0.15) is 13.2 Å². The van der Waals surface area contributed by atoms with Gasteiger partial charge in [-0.05, 0) is 56.3 Å². The third-order valence-electron chi connectivity index (χ3n) is 5.99. The predicted octanol–water partition coefficient (Wildman–Crippen LogP) is 3.34. The zero-order valence-electron chi connectivity index (χ0n) is 18.7. The summed E-state index contributed by atoms with van der Waals surface area (Å²) in [6.45, 7) is 5.12. The van der Waals surface area contributed by atoms with E-state index in [-0.39, 0.29) is 36.0 Å². The van der Waals surface area contributed by atoms with E-state index in [1.165, 1.54) is 17.0 Å². The Hall–Kier alpha value is -3.69. The Balaban J connectivity index is 1.45. The van der Waals surface area contributed by atoms with Gasteiger partial charge in [0.15, 0.2) is 0 Å². The number of aryl methyl sites for hydroxylation is 2. The maximum atomic E-state index is 13.0. The second kappa shape index (κ2) is 8.92. The van der Waals surface area contributed by atoms with Crippen molar-refractivity contribution in [2.45, 2.75) is 26.6 Å². The van der Waals surface area contributed by atoms with E-state index in [0.717, 1.165) is 12.1 Å². The van der Waals surface area contributed by atoms with Gasteiger partial charge in [-0.1, -0.05) is 0 Å². The highest BCUT2D eigenvalue weighted by Gasteiger charge is 2.31. The molecule has 1 saturated heterocycles. The van der Waals surface area contributed by atoms with E-state index in [2.05, 4.69) is 4.98 Å². The van der Waals surface area contributed by atoms with Crippen LogP contribution in [0.15, 0.2) is 47.3 Å². The number of amides is 2. The Morgan fingerprint density at radius 1 is 0.912 bits per heavy atom. The van der Waals surface area contributed by atoms with Crippen LogP contribution in [-0.2, 0) is 12.7 Å². The van der Waals surface area contributed by atoms with Crippen molar-refractivity contribution in [2.75, 3.05) is 26.2 Å². The summed E-state index contributed by atoms with van der Waals surface area (Å²) in [5.41, 5.74) is 1.20. The largest absolute Gasteiger partial charge is 0.416 e. The molecule has 2 aromatic carbocycles. The fraction of sp³-hybridized carbons (Fsp3) is 0.333. The fourth-order valence-electron chi connectivity index (χ4n) is 4.10. The van der Waals surface area contributed by atoms with E-state index >= 15 is 0 Å². The monoisotopic (exact) mass is 472 g/mol. The van der Waals surface area contributed by atoms with Gasteiger partial charge in [0.05, 0.1) is 16.6 Å². The number of aromatic nitrogens is 2. The van der Waals surface area contributed by atoms with Gasteiger partial charge >= 0.3 is 6.18 Å². The highest BCUT2D eigenvalue weighted by Crippen LogP contribution is 2.29. The lowest BCUT2D eigenvalue weighted by Crippen LogP contribution is -2.50. The summed E-state index contributed by atoms with van der Waals surface area (Å²) >= 11 is 0. The molecule has 3 aromatic rings. The molecule has 4 rings (SSSR count). The van der Waals surface area contributed by atoms with E-state index in [1.807, 2.05) is 6.92 Å². The number of benzene rings is 2. The summed E-state index contributed by atoms with van der Waals surface area (Å²) in [5, 5.41) is 0. The zero-order valence-corrected chi connectivity index (χ0v) is 18.7. The second-order valence-corrected chi connectivity index (χ2v) is 8.11. The lowest BCUT2D eigenvalue weighted by molar-refractivity contribution is -0.137. The van der Waals surface area contributed by atoms with Gasteiger partial charge in [-0.25, -0.2) is 4.98 Å². The van der Waals surface area contributed by atoms with Gasteiger partial charge in [0, 0.05) is 43.9 Å². The van der Waals surface area contributed by atoms with E-state index in [1.54, 1.807) is 34.6 Å². The van der Waals surface area contributed by atoms with Gasteiger partial charge in [-0.15, -0.1) is 0 Å². The Bertz CT molecular complexity index is 1310. The van der Waals surface area contributed by atoms with Crippen LogP contribution < -0.4 is 5.56 Å². The molecule has 0 aliphatic carbocycles. The Kier molecular flexibility index (Phi) is 6.16. The van der Waals surface area contributed by atoms with Gasteiger partial charge < -0.3 is 14.4 Å². The number of hydrogen-bond donors (Lipinski definition) is 0. The maximum Gasteiger partial charge on any atom is 0.416 e. The summed E-state index contributed by atoms with van der Waals surface area (Å²) in [5.74, 6) is -0.582. The Morgan fingerprint density at radius 2 is 1.44 bits per heavy atom. The molecule has 0 saturated carbocycles. The molecule has 2 heterocycles. The molecular weight excluding hydrogens is 449 g/mol. The minimum absolute atomic E-state index is 0.164. The van der Waals surface area contributed by atoms with Gasteiger partial charge in [0.2, 0.25) is 0 Å². The van der Waals surface area contributed by atoms with Crippen LogP contribution in [0.3, 0.4) is 0 Å². The van der Waals surface area contributed by atoms with Crippen LogP contribution in [0.5, 0.6) is 0 Å². The van der Waals surface area contributed by atoms with Crippen molar-refractivity contribution in [3.8, 4) is 0 Å². The van der Waals surface area contributed by atoms with Crippen molar-refractivity contribution >= 4 is 22.8 Å². The average Bonchev–Trinajstić information content (AvgIpc) is 2.83. The lowest BCUT2D eigenvalue weighted by Gasteiger charge is -2.35. The zero-order chi connectivity index (χ0) is 24.6. The molecule has 2 amide bonds. The van der Waals surface area contributed by atoms with Crippen LogP contribution in [0.4, 0.5) is 13.2 Å². The Morgan fingerprint density at radius 3 is 1.97 bits per heavy atom. The topological polar surface area (TPSA) is 75.5 Å². The standard InChI is InChI=1S/C24H23F3N4O3/c1-3-31-20-9-6-17(14-19(20)28-15(2)21(31)32)23(34)30-12-10-29(11-13-30)22(33)16-4-7-18(8-5-16)24(25,26)27/h4-9,14H,3,10-13H2,1-2H3. The van der Waals surface area contributed by atoms with Crippen molar-refractivity contribution in [2.24, 2.45) is 0 Å². The van der Waals surface area contributed by atoms with Gasteiger partial charge in [0.1, 0.15) is 5.69 Å². The summed E-state index contributed by atoms with van der Waals surface area (Å²) in [7, 11) is 0. The van der Waals surface area contributed by atoms with Crippen LogP contribution in [0, 0.1) is 6.92 Å². The first-order valence-electron chi connectivity index (χ1n) is 10.9. The van der Waals surface area contributed by atoms with Crippen molar-refractivity contribution in [3.05, 3.63) is 75.2 Å². The minimum Gasteiger partial charge on any atom is -0.335 e. The van der Waals surface area contributed by atoms with E-state index in [9.17, 15) is 27.6 Å². The molecule has 1 aliphatic heterocycles. The number of rotatable bonds is 3. The highest BCUT2D eigenvalue weighted by atomic mass is 19.4. The molecule has 1 fully saturated rings. The summed E-state index contributed by atoms with van der Waals surface area (Å²) in [6, 6.07) is 9.15. The molecule has 34 heavy (non-hydrogen) atoms. The molecule has 10 heteroatoms. The molecule has 0 unspecified atom stereocenters. The number of halogens is 3. The summed E-state index contributed by atoms with van der Waals surface area (Å²) in [4.78, 5) is 45.5.